The normalized spacial score (nSPS) is 11.6. The van der Waals surface area contributed by atoms with Gasteiger partial charge in [-0.25, -0.2) is 0 Å². The van der Waals surface area contributed by atoms with E-state index in [4.69, 9.17) is 23.2 Å². The van der Waals surface area contributed by atoms with Crippen LogP contribution in [0.1, 0.15) is 23.1 Å². The van der Waals surface area contributed by atoms with E-state index in [1.807, 2.05) is 48.5 Å². The number of hydrogen-bond donors (Lipinski definition) is 1. The van der Waals surface area contributed by atoms with E-state index in [2.05, 4.69) is 17.4 Å². The lowest BCUT2D eigenvalue weighted by molar-refractivity contribution is -0.140. The molecule has 0 bridgehead atoms. The topological polar surface area (TPSA) is 49.4 Å². The second-order valence-corrected chi connectivity index (χ2v) is 9.81. The predicted molar refractivity (Wildman–Crippen MR) is 142 cm³/mol. The van der Waals surface area contributed by atoms with Crippen LogP contribution in [-0.4, -0.2) is 35.6 Å². The Labute approximate surface area is 215 Å². The Morgan fingerprint density at radius 2 is 1.59 bits per heavy atom. The Bertz CT molecular complexity index is 1080. The summed E-state index contributed by atoms with van der Waals surface area (Å²) in [6, 6.07) is 24.4. The van der Waals surface area contributed by atoms with Gasteiger partial charge in [0, 0.05) is 48.0 Å². The molecule has 3 rings (SSSR count). The maximum atomic E-state index is 13.5. The molecule has 0 radical (unpaired) electrons. The van der Waals surface area contributed by atoms with Crippen LogP contribution in [0.2, 0.25) is 10.0 Å². The minimum absolute atomic E-state index is 0.0869. The van der Waals surface area contributed by atoms with Gasteiger partial charge in [0.05, 0.1) is 0 Å². The number of carbonyl (C=O) groups excluding carboxylic acids is 2. The Morgan fingerprint density at radius 3 is 2.21 bits per heavy atom. The molecule has 178 valence electrons. The van der Waals surface area contributed by atoms with Crippen LogP contribution < -0.4 is 5.32 Å². The monoisotopic (exact) mass is 514 g/mol. The smallest absolute Gasteiger partial charge is 0.242 e. The summed E-state index contributed by atoms with van der Waals surface area (Å²) in [6.07, 6.45) is 0.736. The molecule has 0 saturated heterocycles. The summed E-state index contributed by atoms with van der Waals surface area (Å²) in [5, 5.41) is 3.72. The summed E-state index contributed by atoms with van der Waals surface area (Å²) in [5.74, 6) is 1.19. The number of nitrogens with one attached hydrogen (secondary N) is 1. The molecule has 3 aromatic rings. The van der Waals surface area contributed by atoms with E-state index in [-0.39, 0.29) is 18.4 Å². The number of halogens is 2. The molecule has 1 N–H and O–H groups in total. The second-order valence-electron chi connectivity index (χ2n) is 7.87. The van der Waals surface area contributed by atoms with Crippen LogP contribution in [0.4, 0.5) is 0 Å². The van der Waals surface area contributed by atoms with Crippen molar-refractivity contribution in [1.29, 1.82) is 0 Å². The van der Waals surface area contributed by atoms with Gasteiger partial charge < -0.3 is 10.2 Å². The van der Waals surface area contributed by atoms with Crippen molar-refractivity contribution >= 4 is 46.8 Å². The van der Waals surface area contributed by atoms with Crippen LogP contribution in [-0.2, 0) is 28.3 Å². The van der Waals surface area contributed by atoms with Crippen LogP contribution in [0.3, 0.4) is 0 Å². The SMILES string of the molecule is CNC(=O)[C@H](Cc1ccccc1)N(Cc1ccc(Cl)cc1Cl)C(=O)CCSCc1ccccc1. The van der Waals surface area contributed by atoms with E-state index < -0.39 is 6.04 Å². The van der Waals surface area contributed by atoms with Gasteiger partial charge in [0.15, 0.2) is 0 Å². The van der Waals surface area contributed by atoms with Crippen LogP contribution in [0, 0.1) is 0 Å². The lowest BCUT2D eigenvalue weighted by Crippen LogP contribution is -2.49. The number of benzene rings is 3. The number of nitrogens with zero attached hydrogens (tertiary/aromatic N) is 1. The van der Waals surface area contributed by atoms with Gasteiger partial charge >= 0.3 is 0 Å². The number of amides is 2. The number of likely N-dealkylation sites (N-methyl/N-ethyl adjacent to an activating group) is 1. The summed E-state index contributed by atoms with van der Waals surface area (Å²) >= 11 is 14.2. The molecule has 1 atom stereocenters. The van der Waals surface area contributed by atoms with Gasteiger partial charge in [-0.1, -0.05) is 89.9 Å². The van der Waals surface area contributed by atoms with Gasteiger partial charge in [0.1, 0.15) is 6.04 Å². The van der Waals surface area contributed by atoms with Gasteiger partial charge in [-0.2, -0.15) is 11.8 Å². The third-order valence-electron chi connectivity index (χ3n) is 5.45. The molecule has 0 heterocycles. The van der Waals surface area contributed by atoms with Gasteiger partial charge in [-0.15, -0.1) is 0 Å². The highest BCUT2D eigenvalue weighted by atomic mass is 35.5. The summed E-state index contributed by atoms with van der Waals surface area (Å²) < 4.78 is 0. The van der Waals surface area contributed by atoms with Crippen LogP contribution >= 0.6 is 35.0 Å². The van der Waals surface area contributed by atoms with Crippen LogP contribution in [0.15, 0.2) is 78.9 Å². The Balaban J connectivity index is 1.78. The molecular weight excluding hydrogens is 487 g/mol. The lowest BCUT2D eigenvalue weighted by atomic mass is 10.0. The third kappa shape index (κ3) is 7.79. The third-order valence-corrected chi connectivity index (χ3v) is 7.06. The number of hydrogen-bond acceptors (Lipinski definition) is 3. The zero-order chi connectivity index (χ0) is 24.3. The average Bonchev–Trinajstić information content (AvgIpc) is 2.86. The number of thioether (sulfide) groups is 1. The Morgan fingerprint density at radius 1 is 0.941 bits per heavy atom. The van der Waals surface area contributed by atoms with Gasteiger partial charge in [0.25, 0.3) is 0 Å². The fourth-order valence-electron chi connectivity index (χ4n) is 3.62. The molecule has 2 amide bonds. The van der Waals surface area contributed by atoms with Crippen molar-refractivity contribution in [1.82, 2.24) is 10.2 Å². The summed E-state index contributed by atoms with van der Waals surface area (Å²) in [5.41, 5.74) is 2.95. The number of rotatable bonds is 11. The molecule has 34 heavy (non-hydrogen) atoms. The van der Waals surface area contributed by atoms with Crippen molar-refractivity contribution in [2.45, 2.75) is 31.2 Å². The van der Waals surface area contributed by atoms with Crippen molar-refractivity contribution in [2.24, 2.45) is 0 Å². The van der Waals surface area contributed by atoms with Crippen molar-refractivity contribution in [3.05, 3.63) is 106 Å². The van der Waals surface area contributed by atoms with E-state index in [9.17, 15) is 9.59 Å². The highest BCUT2D eigenvalue weighted by molar-refractivity contribution is 7.98. The molecule has 3 aromatic carbocycles. The van der Waals surface area contributed by atoms with Gasteiger partial charge in [-0.05, 0) is 28.8 Å². The fourth-order valence-corrected chi connectivity index (χ4v) is 4.98. The van der Waals surface area contributed by atoms with Crippen molar-refractivity contribution in [3.8, 4) is 0 Å². The van der Waals surface area contributed by atoms with Crippen molar-refractivity contribution < 1.29 is 9.59 Å². The second kappa shape index (κ2) is 13.4. The molecule has 0 spiro atoms. The molecule has 4 nitrogen and oxygen atoms in total. The van der Waals surface area contributed by atoms with Crippen LogP contribution in [0.5, 0.6) is 0 Å². The van der Waals surface area contributed by atoms with E-state index in [1.54, 1.807) is 41.9 Å². The molecule has 0 saturated carbocycles. The number of carbonyl (C=O) groups is 2. The zero-order valence-electron chi connectivity index (χ0n) is 19.0. The maximum absolute atomic E-state index is 13.5. The minimum Gasteiger partial charge on any atom is -0.357 e. The molecule has 0 aromatic heterocycles. The largest absolute Gasteiger partial charge is 0.357 e. The fraction of sp³-hybridized carbons (Fsp3) is 0.259. The predicted octanol–water partition coefficient (Wildman–Crippen LogP) is 6.00. The highest BCUT2D eigenvalue weighted by Crippen LogP contribution is 2.25. The first-order valence-corrected chi connectivity index (χ1v) is 13.0. The van der Waals surface area contributed by atoms with E-state index in [0.29, 0.717) is 28.6 Å². The maximum Gasteiger partial charge on any atom is 0.242 e. The minimum atomic E-state index is -0.661. The standard InChI is InChI=1S/C27H28Cl2N2O2S/c1-30-27(33)25(16-20-8-4-2-5-9-20)31(18-22-12-13-23(28)17-24(22)29)26(32)14-15-34-19-21-10-6-3-7-11-21/h2-13,17,25H,14-16,18-19H2,1H3,(H,30,33)/t25-/m0/s1. The van der Waals surface area contributed by atoms with E-state index in [1.165, 1.54) is 5.56 Å². The molecule has 0 aliphatic carbocycles. The Hall–Kier alpha value is -2.47. The van der Waals surface area contributed by atoms with Gasteiger partial charge in [0.2, 0.25) is 11.8 Å². The summed E-state index contributed by atoms with van der Waals surface area (Å²) in [7, 11) is 1.59. The zero-order valence-corrected chi connectivity index (χ0v) is 21.4. The van der Waals surface area contributed by atoms with Crippen molar-refractivity contribution in [3.63, 3.8) is 0 Å². The highest BCUT2D eigenvalue weighted by Gasteiger charge is 2.30. The first-order valence-electron chi connectivity index (χ1n) is 11.1. The summed E-state index contributed by atoms with van der Waals surface area (Å²) in [4.78, 5) is 28.0. The van der Waals surface area contributed by atoms with E-state index >= 15 is 0 Å². The van der Waals surface area contributed by atoms with E-state index in [0.717, 1.165) is 16.9 Å². The lowest BCUT2D eigenvalue weighted by Gasteiger charge is -2.31. The molecule has 0 fully saturated rings. The van der Waals surface area contributed by atoms with Crippen LogP contribution in [0.25, 0.3) is 0 Å². The molecule has 0 unspecified atom stereocenters. The Kier molecular flexibility index (Phi) is 10.3. The molecule has 0 aliphatic rings. The first-order chi connectivity index (χ1) is 16.5. The van der Waals surface area contributed by atoms with Gasteiger partial charge in [-0.3, -0.25) is 9.59 Å². The average molecular weight is 516 g/mol. The molecule has 7 heteroatoms. The summed E-state index contributed by atoms with van der Waals surface area (Å²) in [6.45, 7) is 0.225. The molecule has 0 aliphatic heterocycles. The first kappa shape index (κ1) is 26.1. The quantitative estimate of drug-likeness (QED) is 0.319. The van der Waals surface area contributed by atoms with Crippen molar-refractivity contribution in [2.75, 3.05) is 12.8 Å². The molecular formula is C27H28Cl2N2O2S.